The van der Waals surface area contributed by atoms with Gasteiger partial charge in [-0.1, -0.05) is 17.7 Å². The lowest BCUT2D eigenvalue weighted by Crippen LogP contribution is -2.30. The molecule has 0 aromatic heterocycles. The number of hydrogen-bond donors (Lipinski definition) is 1. The summed E-state index contributed by atoms with van der Waals surface area (Å²) < 4.78 is 31.0. The molecule has 2 aromatic rings. The SMILES string of the molecule is C[C@H](Oc1ccc(Cl)cc1)C(=O)Nc1cccc(S(=O)(=O)N(C)C)c1. The summed E-state index contributed by atoms with van der Waals surface area (Å²) in [5.74, 6) is 0.116. The van der Waals surface area contributed by atoms with Crippen molar-refractivity contribution in [3.8, 4) is 5.75 Å². The topological polar surface area (TPSA) is 75.7 Å². The second kappa shape index (κ2) is 7.86. The number of sulfonamides is 1. The number of hydrogen-bond acceptors (Lipinski definition) is 4. The van der Waals surface area contributed by atoms with Gasteiger partial charge < -0.3 is 10.1 Å². The van der Waals surface area contributed by atoms with Crippen molar-refractivity contribution in [1.82, 2.24) is 4.31 Å². The third-order valence-electron chi connectivity index (χ3n) is 3.38. The number of anilines is 1. The standard InChI is InChI=1S/C17H19ClN2O4S/c1-12(24-15-9-7-13(18)8-10-15)17(21)19-14-5-4-6-16(11-14)25(22,23)20(2)3/h4-12H,1-3H3,(H,19,21)/t12-/m0/s1. The Kier molecular flexibility index (Phi) is 6.05. The third-order valence-corrected chi connectivity index (χ3v) is 5.44. The zero-order valence-corrected chi connectivity index (χ0v) is 15.6. The maximum absolute atomic E-state index is 12.3. The fourth-order valence-corrected chi connectivity index (χ4v) is 3.03. The van der Waals surface area contributed by atoms with Crippen molar-refractivity contribution in [2.45, 2.75) is 17.9 Å². The third kappa shape index (κ3) is 4.94. The fraction of sp³-hybridized carbons (Fsp3) is 0.235. The maximum Gasteiger partial charge on any atom is 0.265 e. The van der Waals surface area contributed by atoms with Crippen LogP contribution in [0.4, 0.5) is 5.69 Å². The number of amides is 1. The number of carbonyl (C=O) groups excluding carboxylic acids is 1. The lowest BCUT2D eigenvalue weighted by molar-refractivity contribution is -0.122. The minimum Gasteiger partial charge on any atom is -0.481 e. The maximum atomic E-state index is 12.3. The molecular formula is C17H19ClN2O4S. The van der Waals surface area contributed by atoms with Gasteiger partial charge in [0.15, 0.2) is 6.10 Å². The quantitative estimate of drug-likeness (QED) is 0.833. The van der Waals surface area contributed by atoms with E-state index in [0.717, 1.165) is 4.31 Å². The fourth-order valence-electron chi connectivity index (χ4n) is 1.96. The van der Waals surface area contributed by atoms with Crippen LogP contribution in [0.2, 0.25) is 5.02 Å². The number of nitrogens with one attached hydrogen (secondary N) is 1. The van der Waals surface area contributed by atoms with Crippen LogP contribution in [0, 0.1) is 0 Å². The van der Waals surface area contributed by atoms with Gasteiger partial charge in [0.1, 0.15) is 5.75 Å². The van der Waals surface area contributed by atoms with Crippen molar-refractivity contribution in [3.05, 3.63) is 53.6 Å². The molecule has 0 fully saturated rings. The highest BCUT2D eigenvalue weighted by Gasteiger charge is 2.19. The summed E-state index contributed by atoms with van der Waals surface area (Å²) in [6.45, 7) is 1.60. The Balaban J connectivity index is 2.08. The Morgan fingerprint density at radius 3 is 2.40 bits per heavy atom. The van der Waals surface area contributed by atoms with E-state index >= 15 is 0 Å². The Bertz CT molecular complexity index is 851. The smallest absolute Gasteiger partial charge is 0.265 e. The van der Waals surface area contributed by atoms with Crippen molar-refractivity contribution in [1.29, 1.82) is 0 Å². The molecule has 6 nitrogen and oxygen atoms in total. The molecule has 2 rings (SSSR count). The molecule has 1 amide bonds. The predicted molar refractivity (Wildman–Crippen MR) is 97.5 cm³/mol. The molecule has 0 saturated carbocycles. The zero-order chi connectivity index (χ0) is 18.6. The summed E-state index contributed by atoms with van der Waals surface area (Å²) in [6, 6.07) is 12.7. The van der Waals surface area contributed by atoms with E-state index in [-0.39, 0.29) is 4.90 Å². The minimum atomic E-state index is -3.57. The summed E-state index contributed by atoms with van der Waals surface area (Å²) in [6.07, 6.45) is -0.768. The average Bonchev–Trinajstić information content (AvgIpc) is 2.57. The molecule has 0 aliphatic heterocycles. The summed E-state index contributed by atoms with van der Waals surface area (Å²) in [7, 11) is -0.676. The molecule has 0 saturated heterocycles. The van der Waals surface area contributed by atoms with Gasteiger partial charge in [-0.15, -0.1) is 0 Å². The molecule has 1 N–H and O–H groups in total. The molecule has 0 spiro atoms. The monoisotopic (exact) mass is 382 g/mol. The number of nitrogens with zero attached hydrogens (tertiary/aromatic N) is 1. The molecule has 0 aliphatic carbocycles. The van der Waals surface area contributed by atoms with E-state index in [4.69, 9.17) is 16.3 Å². The Hall–Kier alpha value is -2.09. The molecule has 8 heteroatoms. The summed E-state index contributed by atoms with van der Waals surface area (Å²) in [5, 5.41) is 3.22. The van der Waals surface area contributed by atoms with Gasteiger partial charge in [0.2, 0.25) is 10.0 Å². The van der Waals surface area contributed by atoms with Gasteiger partial charge in [0, 0.05) is 24.8 Å². The van der Waals surface area contributed by atoms with Crippen LogP contribution in [0.3, 0.4) is 0 Å². The van der Waals surface area contributed by atoms with Gasteiger partial charge in [-0.25, -0.2) is 12.7 Å². The Labute approximate surface area is 152 Å². The first kappa shape index (κ1) is 19.2. The van der Waals surface area contributed by atoms with Gasteiger partial charge in [0.25, 0.3) is 5.91 Å². The Morgan fingerprint density at radius 1 is 1.16 bits per heavy atom. The van der Waals surface area contributed by atoms with Crippen LogP contribution in [-0.4, -0.2) is 38.8 Å². The summed E-state index contributed by atoms with van der Waals surface area (Å²) in [4.78, 5) is 12.4. The van der Waals surface area contributed by atoms with Crippen LogP contribution >= 0.6 is 11.6 Å². The average molecular weight is 383 g/mol. The van der Waals surface area contributed by atoms with Crippen molar-refractivity contribution >= 4 is 33.2 Å². The second-order valence-corrected chi connectivity index (χ2v) is 8.11. The normalized spacial score (nSPS) is 12.7. The van der Waals surface area contributed by atoms with E-state index in [1.807, 2.05) is 0 Å². The molecule has 134 valence electrons. The van der Waals surface area contributed by atoms with E-state index in [1.165, 1.54) is 26.2 Å². The largest absolute Gasteiger partial charge is 0.481 e. The minimum absolute atomic E-state index is 0.0987. The highest BCUT2D eigenvalue weighted by Crippen LogP contribution is 2.20. The van der Waals surface area contributed by atoms with E-state index in [1.54, 1.807) is 43.3 Å². The first-order valence-electron chi connectivity index (χ1n) is 7.46. The highest BCUT2D eigenvalue weighted by atomic mass is 35.5. The van der Waals surface area contributed by atoms with Crippen molar-refractivity contribution in [2.24, 2.45) is 0 Å². The van der Waals surface area contributed by atoms with E-state index in [9.17, 15) is 13.2 Å². The van der Waals surface area contributed by atoms with Crippen molar-refractivity contribution in [2.75, 3.05) is 19.4 Å². The molecule has 0 radical (unpaired) electrons. The van der Waals surface area contributed by atoms with Crippen molar-refractivity contribution in [3.63, 3.8) is 0 Å². The predicted octanol–water partition coefficient (Wildman–Crippen LogP) is 3.00. The first-order chi connectivity index (χ1) is 11.7. The zero-order valence-electron chi connectivity index (χ0n) is 14.1. The molecule has 0 heterocycles. The second-order valence-electron chi connectivity index (χ2n) is 5.52. The van der Waals surface area contributed by atoms with E-state index in [2.05, 4.69) is 5.32 Å². The van der Waals surface area contributed by atoms with Crippen LogP contribution < -0.4 is 10.1 Å². The van der Waals surface area contributed by atoms with Gasteiger partial charge in [-0.05, 0) is 49.4 Å². The molecular weight excluding hydrogens is 364 g/mol. The molecule has 2 aromatic carbocycles. The highest BCUT2D eigenvalue weighted by molar-refractivity contribution is 7.89. The van der Waals surface area contributed by atoms with Gasteiger partial charge in [0.05, 0.1) is 4.90 Å². The lowest BCUT2D eigenvalue weighted by atomic mass is 10.3. The van der Waals surface area contributed by atoms with Crippen molar-refractivity contribution < 1.29 is 17.9 Å². The van der Waals surface area contributed by atoms with E-state index < -0.39 is 22.0 Å². The number of benzene rings is 2. The first-order valence-corrected chi connectivity index (χ1v) is 9.27. The lowest BCUT2D eigenvalue weighted by Gasteiger charge is -2.16. The number of halogens is 1. The van der Waals surface area contributed by atoms with Crippen LogP contribution in [0.1, 0.15) is 6.92 Å². The Morgan fingerprint density at radius 2 is 1.80 bits per heavy atom. The number of rotatable bonds is 6. The van der Waals surface area contributed by atoms with Crippen LogP contribution in [-0.2, 0) is 14.8 Å². The van der Waals surface area contributed by atoms with Crippen LogP contribution in [0.25, 0.3) is 0 Å². The van der Waals surface area contributed by atoms with Crippen LogP contribution in [0.5, 0.6) is 5.75 Å². The van der Waals surface area contributed by atoms with Gasteiger partial charge >= 0.3 is 0 Å². The molecule has 0 aliphatic rings. The molecule has 25 heavy (non-hydrogen) atoms. The van der Waals surface area contributed by atoms with E-state index in [0.29, 0.717) is 16.5 Å². The van der Waals surface area contributed by atoms with Gasteiger partial charge in [-0.3, -0.25) is 4.79 Å². The molecule has 1 atom stereocenters. The number of carbonyl (C=O) groups is 1. The van der Waals surface area contributed by atoms with Crippen LogP contribution in [0.15, 0.2) is 53.4 Å². The number of ether oxygens (including phenoxy) is 1. The summed E-state index contributed by atoms with van der Waals surface area (Å²) in [5.41, 5.74) is 0.375. The van der Waals surface area contributed by atoms with Gasteiger partial charge in [-0.2, -0.15) is 0 Å². The summed E-state index contributed by atoms with van der Waals surface area (Å²) >= 11 is 5.80. The molecule has 0 bridgehead atoms. The molecule has 0 unspecified atom stereocenters.